The number of alkyl halides is 3. The largest absolute Gasteiger partial charge is 0.485 e. The van der Waals surface area contributed by atoms with E-state index in [1.165, 1.54) is 9.12 Å². The molecule has 3 aromatic heterocycles. The van der Waals surface area contributed by atoms with E-state index in [1.807, 2.05) is 16.2 Å². The molecule has 0 aromatic carbocycles. The molecule has 170 valence electrons. The van der Waals surface area contributed by atoms with Gasteiger partial charge >= 0.3 is 5.51 Å². The lowest BCUT2D eigenvalue weighted by Crippen LogP contribution is -2.51. The SMILES string of the molecule is O=C(Nc1cc(-c2cnn(C3CN(S(=O)C(F)(F)F)C3)c2)c2ccn(SI)c2n1)C1CC1. The summed E-state index contributed by atoms with van der Waals surface area (Å²) in [6, 6.07) is 3.42. The van der Waals surface area contributed by atoms with E-state index in [1.54, 1.807) is 23.1 Å². The quantitative estimate of drug-likeness (QED) is 0.433. The van der Waals surface area contributed by atoms with Gasteiger partial charge in [0.05, 0.1) is 12.2 Å². The average molecular weight is 596 g/mol. The van der Waals surface area contributed by atoms with Gasteiger partial charge in [-0.1, -0.05) is 0 Å². The molecule has 1 N–H and O–H groups in total. The summed E-state index contributed by atoms with van der Waals surface area (Å²) in [5.74, 6) is 0.428. The Balaban J connectivity index is 1.42. The summed E-state index contributed by atoms with van der Waals surface area (Å²) in [5.41, 5.74) is -2.50. The first-order chi connectivity index (χ1) is 15.2. The summed E-state index contributed by atoms with van der Waals surface area (Å²) in [6.45, 7) is 0.00703. The second-order valence-corrected chi connectivity index (χ2v) is 10.9. The highest BCUT2D eigenvalue weighted by Crippen LogP contribution is 2.36. The molecule has 0 radical (unpaired) electrons. The van der Waals surface area contributed by atoms with Gasteiger partial charge < -0.3 is 5.32 Å². The van der Waals surface area contributed by atoms with E-state index in [4.69, 9.17) is 0 Å². The Hall–Kier alpha value is -1.65. The predicted octanol–water partition coefficient (Wildman–Crippen LogP) is 4.13. The molecule has 32 heavy (non-hydrogen) atoms. The smallest absolute Gasteiger partial charge is 0.310 e. The maximum atomic E-state index is 12.6. The van der Waals surface area contributed by atoms with E-state index < -0.39 is 16.5 Å². The summed E-state index contributed by atoms with van der Waals surface area (Å²) in [7, 11) is -1.56. The molecule has 1 atom stereocenters. The van der Waals surface area contributed by atoms with Crippen LogP contribution in [0.4, 0.5) is 19.0 Å². The lowest BCUT2D eigenvalue weighted by atomic mass is 10.1. The Morgan fingerprint density at radius 1 is 1.31 bits per heavy atom. The fourth-order valence-corrected chi connectivity index (χ4v) is 5.73. The van der Waals surface area contributed by atoms with Crippen LogP contribution in [0.25, 0.3) is 22.2 Å². The third kappa shape index (κ3) is 4.17. The molecule has 1 saturated heterocycles. The Kier molecular flexibility index (Phi) is 5.74. The number of carbonyl (C=O) groups is 1. The van der Waals surface area contributed by atoms with Crippen LogP contribution in [0.15, 0.2) is 30.7 Å². The highest BCUT2D eigenvalue weighted by molar-refractivity contribution is 14.2. The predicted molar refractivity (Wildman–Crippen MR) is 124 cm³/mol. The van der Waals surface area contributed by atoms with E-state index in [0.29, 0.717) is 11.5 Å². The number of nitrogens with zero attached hydrogens (tertiary/aromatic N) is 5. The minimum absolute atomic E-state index is 0.00352. The number of hydrogen-bond donors (Lipinski definition) is 1. The van der Waals surface area contributed by atoms with Crippen LogP contribution in [0.5, 0.6) is 0 Å². The molecule has 0 bridgehead atoms. The van der Waals surface area contributed by atoms with E-state index in [2.05, 4.69) is 36.6 Å². The standard InChI is InChI=1S/C18H16F3IN6O2S2/c19-18(20,21)32(30)26-8-12(9-26)27-7-11(6-23-27)14-5-15(25-17(29)10-1-2-10)24-16-13(14)3-4-28(16)31-22/h3-7,10,12H,1-2,8-9H2,(H,24,25,29). The first-order valence-electron chi connectivity index (χ1n) is 9.65. The second kappa shape index (κ2) is 8.29. The van der Waals surface area contributed by atoms with Crippen LogP contribution in [0.1, 0.15) is 18.9 Å². The van der Waals surface area contributed by atoms with Gasteiger partial charge in [0.25, 0.3) is 0 Å². The molecule has 1 saturated carbocycles. The van der Waals surface area contributed by atoms with Crippen molar-refractivity contribution in [1.82, 2.24) is 23.0 Å². The third-order valence-electron chi connectivity index (χ3n) is 5.45. The van der Waals surface area contributed by atoms with Gasteiger partial charge in [0, 0.05) is 72.7 Å². The van der Waals surface area contributed by atoms with Gasteiger partial charge in [-0.2, -0.15) is 18.3 Å². The highest BCUT2D eigenvalue weighted by atomic mass is 127. The van der Waals surface area contributed by atoms with E-state index in [0.717, 1.165) is 33.7 Å². The van der Waals surface area contributed by atoms with Gasteiger partial charge in [0.15, 0.2) is 5.65 Å². The van der Waals surface area contributed by atoms with Crippen LogP contribution >= 0.6 is 30.3 Å². The van der Waals surface area contributed by atoms with E-state index >= 15 is 0 Å². The van der Waals surface area contributed by atoms with Crippen molar-refractivity contribution in [1.29, 1.82) is 0 Å². The lowest BCUT2D eigenvalue weighted by molar-refractivity contribution is -0.117. The number of halogens is 4. The molecule has 1 amide bonds. The second-order valence-electron chi connectivity index (χ2n) is 7.67. The monoisotopic (exact) mass is 596 g/mol. The Labute approximate surface area is 199 Å². The molecule has 8 nitrogen and oxygen atoms in total. The van der Waals surface area contributed by atoms with Gasteiger partial charge in [0.2, 0.25) is 16.9 Å². The number of fused-ring (bicyclic) bond motifs is 1. The molecule has 5 rings (SSSR count). The van der Waals surface area contributed by atoms with Crippen LogP contribution in [0.3, 0.4) is 0 Å². The number of pyridine rings is 1. The fourth-order valence-electron chi connectivity index (χ4n) is 3.56. The minimum Gasteiger partial charge on any atom is -0.310 e. The zero-order valence-electron chi connectivity index (χ0n) is 16.3. The lowest BCUT2D eigenvalue weighted by Gasteiger charge is -2.37. The summed E-state index contributed by atoms with van der Waals surface area (Å²) < 4.78 is 53.7. The molecule has 14 heteroatoms. The van der Waals surface area contributed by atoms with Crippen molar-refractivity contribution < 1.29 is 22.2 Å². The van der Waals surface area contributed by atoms with Gasteiger partial charge in [-0.3, -0.25) is 13.4 Å². The summed E-state index contributed by atoms with van der Waals surface area (Å²) >= 11 is 2.15. The van der Waals surface area contributed by atoms with Crippen molar-refractivity contribution in [2.24, 2.45) is 5.92 Å². The third-order valence-corrected chi connectivity index (χ3v) is 8.33. The molecule has 1 aliphatic heterocycles. The maximum Gasteiger partial charge on any atom is 0.485 e. The van der Waals surface area contributed by atoms with Crippen LogP contribution in [0.2, 0.25) is 0 Å². The number of rotatable bonds is 6. The van der Waals surface area contributed by atoms with Gasteiger partial charge in [-0.05, 0) is 30.5 Å². The molecule has 4 heterocycles. The van der Waals surface area contributed by atoms with Crippen LogP contribution in [0, 0.1) is 5.92 Å². The van der Waals surface area contributed by atoms with Crippen LogP contribution in [-0.2, 0) is 15.8 Å². The first kappa shape index (κ1) is 22.2. The van der Waals surface area contributed by atoms with E-state index in [-0.39, 0.29) is 31.0 Å². The van der Waals surface area contributed by atoms with Crippen LogP contribution in [-0.4, -0.2) is 51.8 Å². The summed E-state index contributed by atoms with van der Waals surface area (Å²) in [5, 5.41) is 8.07. The zero-order valence-corrected chi connectivity index (χ0v) is 20.0. The number of hydrogen-bond acceptors (Lipinski definition) is 5. The number of carbonyl (C=O) groups excluding carboxylic acids is 1. The van der Waals surface area contributed by atoms with Crippen molar-refractivity contribution in [3.63, 3.8) is 0 Å². The molecule has 2 aliphatic rings. The summed E-state index contributed by atoms with van der Waals surface area (Å²) in [4.78, 5) is 16.9. The van der Waals surface area contributed by atoms with Gasteiger partial charge in [-0.15, -0.1) is 0 Å². The minimum atomic E-state index is -4.76. The number of amides is 1. The topological polar surface area (TPSA) is 85.0 Å². The van der Waals surface area contributed by atoms with Gasteiger partial charge in [-0.25, -0.2) is 13.5 Å². The van der Waals surface area contributed by atoms with Crippen molar-refractivity contribution >= 4 is 64.1 Å². The molecule has 1 unspecified atom stereocenters. The molecule has 3 aromatic rings. The molecule has 2 fully saturated rings. The number of anilines is 1. The van der Waals surface area contributed by atoms with Gasteiger partial charge in [0.1, 0.15) is 5.82 Å². The maximum absolute atomic E-state index is 12.6. The van der Waals surface area contributed by atoms with Crippen molar-refractivity contribution in [3.8, 4) is 11.1 Å². The zero-order chi connectivity index (χ0) is 22.6. The fraction of sp³-hybridized carbons (Fsp3) is 0.389. The molecule has 0 spiro atoms. The first-order valence-corrected chi connectivity index (χ1v) is 14.1. The normalized spacial score (nSPS) is 18.6. The van der Waals surface area contributed by atoms with Crippen molar-refractivity contribution in [2.45, 2.75) is 24.4 Å². The van der Waals surface area contributed by atoms with Crippen LogP contribution < -0.4 is 5.32 Å². The Morgan fingerprint density at radius 2 is 2.06 bits per heavy atom. The number of nitrogens with one attached hydrogen (secondary N) is 1. The molecule has 1 aliphatic carbocycles. The molecular weight excluding hydrogens is 580 g/mol. The Bertz CT molecular complexity index is 1220. The van der Waals surface area contributed by atoms with Crippen molar-refractivity contribution in [3.05, 3.63) is 30.7 Å². The highest BCUT2D eigenvalue weighted by Gasteiger charge is 2.46. The molecular formula is C18H16F3IN6O2S2. The Morgan fingerprint density at radius 3 is 2.72 bits per heavy atom. The number of aromatic nitrogens is 4. The summed E-state index contributed by atoms with van der Waals surface area (Å²) in [6.07, 6.45) is 7.04. The van der Waals surface area contributed by atoms with E-state index in [9.17, 15) is 22.2 Å². The van der Waals surface area contributed by atoms with Crippen molar-refractivity contribution in [2.75, 3.05) is 18.4 Å². The average Bonchev–Trinajstić information content (AvgIpc) is 3.32.